The van der Waals surface area contributed by atoms with Gasteiger partial charge in [-0.05, 0) is 65.7 Å². The molecule has 3 saturated heterocycles. The molecule has 10 heteroatoms. The van der Waals surface area contributed by atoms with Gasteiger partial charge in [-0.15, -0.1) is 0 Å². The van der Waals surface area contributed by atoms with Crippen LogP contribution in [0.3, 0.4) is 0 Å². The Kier molecular flexibility index (Phi) is 9.17. The Morgan fingerprint density at radius 3 is 2.18 bits per heavy atom. The first-order valence-electron chi connectivity index (χ1n) is 14.5. The van der Waals surface area contributed by atoms with Crippen LogP contribution in [0.15, 0.2) is 6.33 Å². The van der Waals surface area contributed by atoms with E-state index in [0.29, 0.717) is 36.7 Å². The molecule has 38 heavy (non-hydrogen) atoms. The van der Waals surface area contributed by atoms with Crippen molar-refractivity contribution in [2.24, 2.45) is 5.92 Å². The maximum Gasteiger partial charge on any atom is 0.257 e. The highest BCUT2D eigenvalue weighted by atomic mass is 32.2. The van der Waals surface area contributed by atoms with Gasteiger partial charge in [-0.1, -0.05) is 13.3 Å². The Morgan fingerprint density at radius 2 is 1.66 bits per heavy atom. The zero-order chi connectivity index (χ0) is 27.7. The van der Waals surface area contributed by atoms with Crippen LogP contribution in [0.4, 0.5) is 0 Å². The van der Waals surface area contributed by atoms with Crippen molar-refractivity contribution in [2.75, 3.05) is 52.1 Å². The highest BCUT2D eigenvalue weighted by molar-refractivity contribution is 7.88. The van der Waals surface area contributed by atoms with E-state index in [2.05, 4.69) is 40.5 Å². The average molecular weight is 549 g/mol. The molecular weight excluding hydrogens is 500 g/mol. The number of aryl methyl sites for hydroxylation is 2. The number of piperidine rings is 2. The van der Waals surface area contributed by atoms with Crippen molar-refractivity contribution in [2.45, 2.75) is 90.8 Å². The van der Waals surface area contributed by atoms with Crippen molar-refractivity contribution in [1.82, 2.24) is 29.0 Å². The first-order chi connectivity index (χ1) is 17.9. The largest absolute Gasteiger partial charge is 0.338 e. The van der Waals surface area contributed by atoms with Crippen molar-refractivity contribution in [3.05, 3.63) is 23.3 Å². The lowest BCUT2D eigenvalue weighted by molar-refractivity contribution is -0.0428. The van der Waals surface area contributed by atoms with Gasteiger partial charge in [0.1, 0.15) is 6.33 Å². The van der Waals surface area contributed by atoms with E-state index in [9.17, 15) is 13.2 Å². The summed E-state index contributed by atoms with van der Waals surface area (Å²) in [4.78, 5) is 29.2. The number of nitrogens with zero attached hydrogens (tertiary/aromatic N) is 6. The lowest BCUT2D eigenvalue weighted by Gasteiger charge is -2.54. The standard InChI is InChI=1S/C28H48N6O3S/c1-7-8-25(24-9-13-33(14-10-24)38(6,36)37)34-18-17-32(19-21(34)2)28(5)11-15-31(16-12-28)27(35)26-22(3)29-20-30-23(26)4/h20-21,24-25H,7-19H2,1-6H3/t21-,25-/m0/s1. The fourth-order valence-corrected chi connectivity index (χ4v) is 7.96. The average Bonchev–Trinajstić information content (AvgIpc) is 2.87. The molecule has 1 aromatic rings. The number of sulfonamides is 1. The van der Waals surface area contributed by atoms with Crippen LogP contribution in [0.1, 0.15) is 81.0 Å². The summed E-state index contributed by atoms with van der Waals surface area (Å²) in [7, 11) is -3.10. The molecule has 0 aliphatic carbocycles. The molecule has 2 atom stereocenters. The first kappa shape index (κ1) is 29.4. The number of carbonyl (C=O) groups excluding carboxylic acids is 1. The van der Waals surface area contributed by atoms with Crippen molar-refractivity contribution in [1.29, 1.82) is 0 Å². The van der Waals surface area contributed by atoms with Gasteiger partial charge in [0.05, 0.1) is 23.2 Å². The molecule has 214 valence electrons. The Bertz CT molecular complexity index is 1060. The van der Waals surface area contributed by atoms with Gasteiger partial charge in [-0.3, -0.25) is 14.6 Å². The smallest absolute Gasteiger partial charge is 0.257 e. The second-order valence-corrected chi connectivity index (χ2v) is 14.1. The zero-order valence-corrected chi connectivity index (χ0v) is 25.1. The van der Waals surface area contributed by atoms with E-state index in [0.717, 1.165) is 76.2 Å². The second kappa shape index (κ2) is 11.9. The minimum Gasteiger partial charge on any atom is -0.338 e. The summed E-state index contributed by atoms with van der Waals surface area (Å²) in [5.74, 6) is 0.617. The molecule has 3 aliphatic rings. The number of carbonyl (C=O) groups is 1. The van der Waals surface area contributed by atoms with E-state index in [-0.39, 0.29) is 11.4 Å². The summed E-state index contributed by atoms with van der Waals surface area (Å²) in [5, 5.41) is 0. The molecule has 4 rings (SSSR count). The molecule has 0 N–H and O–H groups in total. The Morgan fingerprint density at radius 1 is 1.05 bits per heavy atom. The number of aromatic nitrogens is 2. The molecule has 0 saturated carbocycles. The summed E-state index contributed by atoms with van der Waals surface area (Å²) >= 11 is 0. The monoisotopic (exact) mass is 548 g/mol. The van der Waals surface area contributed by atoms with E-state index in [1.165, 1.54) is 19.0 Å². The molecule has 9 nitrogen and oxygen atoms in total. The predicted octanol–water partition coefficient (Wildman–Crippen LogP) is 2.93. The number of piperazine rings is 1. The molecule has 4 heterocycles. The number of hydrogen-bond acceptors (Lipinski definition) is 7. The lowest BCUT2D eigenvalue weighted by Crippen LogP contribution is -2.64. The summed E-state index contributed by atoms with van der Waals surface area (Å²) in [6, 6.07) is 0.974. The molecule has 0 radical (unpaired) electrons. The van der Waals surface area contributed by atoms with Gasteiger partial charge in [0.25, 0.3) is 5.91 Å². The van der Waals surface area contributed by atoms with E-state index in [4.69, 9.17) is 0 Å². The van der Waals surface area contributed by atoms with Crippen molar-refractivity contribution >= 4 is 15.9 Å². The third kappa shape index (κ3) is 6.24. The van der Waals surface area contributed by atoms with Crippen molar-refractivity contribution < 1.29 is 13.2 Å². The van der Waals surface area contributed by atoms with Crippen LogP contribution in [-0.4, -0.2) is 113 Å². The van der Waals surface area contributed by atoms with Gasteiger partial charge in [0.15, 0.2) is 0 Å². The van der Waals surface area contributed by atoms with Gasteiger partial charge in [0, 0.05) is 63.4 Å². The van der Waals surface area contributed by atoms with Crippen LogP contribution in [0.25, 0.3) is 0 Å². The van der Waals surface area contributed by atoms with Crippen molar-refractivity contribution in [3.63, 3.8) is 0 Å². The van der Waals surface area contributed by atoms with Crippen LogP contribution >= 0.6 is 0 Å². The summed E-state index contributed by atoms with van der Waals surface area (Å²) < 4.78 is 25.7. The molecule has 3 aliphatic heterocycles. The minimum absolute atomic E-state index is 0.0603. The molecule has 0 bridgehead atoms. The molecule has 0 unspecified atom stereocenters. The van der Waals surface area contributed by atoms with E-state index >= 15 is 0 Å². The molecule has 1 amide bonds. The van der Waals surface area contributed by atoms with Gasteiger partial charge in [0.2, 0.25) is 10.0 Å². The number of amides is 1. The predicted molar refractivity (Wildman–Crippen MR) is 151 cm³/mol. The highest BCUT2D eigenvalue weighted by Crippen LogP contribution is 2.35. The molecule has 0 aromatic carbocycles. The Hall–Kier alpha value is -1.62. The second-order valence-electron chi connectivity index (χ2n) is 12.1. The van der Waals surface area contributed by atoms with Crippen LogP contribution < -0.4 is 0 Å². The van der Waals surface area contributed by atoms with E-state index in [1.54, 1.807) is 4.31 Å². The fraction of sp³-hybridized carbons (Fsp3) is 0.821. The van der Waals surface area contributed by atoms with Gasteiger partial charge >= 0.3 is 0 Å². The summed E-state index contributed by atoms with van der Waals surface area (Å²) in [6.45, 7) is 16.7. The van der Waals surface area contributed by atoms with Crippen molar-refractivity contribution in [3.8, 4) is 0 Å². The maximum absolute atomic E-state index is 13.3. The lowest BCUT2D eigenvalue weighted by atomic mass is 9.83. The molecule has 0 spiro atoms. The van der Waals surface area contributed by atoms with Gasteiger partial charge in [-0.2, -0.15) is 0 Å². The Balaban J connectivity index is 1.35. The SMILES string of the molecule is CCC[C@@H](C1CCN(S(C)(=O)=O)CC1)N1CCN(C2(C)CCN(C(=O)c3c(C)ncnc3C)CC2)C[C@@H]1C. The van der Waals surface area contributed by atoms with Crippen LogP contribution in [0.5, 0.6) is 0 Å². The summed E-state index contributed by atoms with van der Waals surface area (Å²) in [6.07, 6.45) is 9.03. The zero-order valence-electron chi connectivity index (χ0n) is 24.3. The van der Waals surface area contributed by atoms with Crippen LogP contribution in [-0.2, 0) is 10.0 Å². The normalized spacial score (nSPS) is 25.4. The van der Waals surface area contributed by atoms with Gasteiger partial charge in [-0.25, -0.2) is 22.7 Å². The number of hydrogen-bond donors (Lipinski definition) is 0. The first-order valence-corrected chi connectivity index (χ1v) is 16.3. The van der Waals surface area contributed by atoms with Crippen LogP contribution in [0, 0.1) is 19.8 Å². The van der Waals surface area contributed by atoms with E-state index < -0.39 is 10.0 Å². The quantitative estimate of drug-likeness (QED) is 0.518. The molecular formula is C28H48N6O3S. The third-order valence-corrected chi connectivity index (χ3v) is 10.8. The molecule has 3 fully saturated rings. The number of likely N-dealkylation sites (tertiary alicyclic amines) is 1. The van der Waals surface area contributed by atoms with E-state index in [1.807, 2.05) is 18.7 Å². The topological polar surface area (TPSA) is 90.0 Å². The van der Waals surface area contributed by atoms with Gasteiger partial charge < -0.3 is 4.90 Å². The Labute approximate surface area is 230 Å². The minimum atomic E-state index is -3.10. The number of rotatable bonds is 7. The summed E-state index contributed by atoms with van der Waals surface area (Å²) in [5.41, 5.74) is 2.26. The fourth-order valence-electron chi connectivity index (χ4n) is 7.08. The molecule has 1 aromatic heterocycles. The maximum atomic E-state index is 13.3. The highest BCUT2D eigenvalue weighted by Gasteiger charge is 2.42. The third-order valence-electron chi connectivity index (χ3n) is 9.53. The van der Waals surface area contributed by atoms with Crippen LogP contribution in [0.2, 0.25) is 0 Å².